The van der Waals surface area contributed by atoms with Crippen LogP contribution in [0.1, 0.15) is 73.5 Å². The molecule has 446 valence electrons. The van der Waals surface area contributed by atoms with Gasteiger partial charge in [0.15, 0.2) is 0 Å². The van der Waals surface area contributed by atoms with Crippen molar-refractivity contribution >= 4 is 67.8 Å². The fourth-order valence-electron chi connectivity index (χ4n) is 9.01. The first-order valence-electron chi connectivity index (χ1n) is 26.0. The van der Waals surface area contributed by atoms with Crippen molar-refractivity contribution in [2.45, 2.75) is 110 Å². The van der Waals surface area contributed by atoms with E-state index in [0.717, 1.165) is 28.0 Å². The summed E-state index contributed by atoms with van der Waals surface area (Å²) in [4.78, 5) is 75.0. The third kappa shape index (κ3) is 14.8. The number of hydrogen-bond acceptors (Lipinski definition) is 14. The Labute approximate surface area is 475 Å². The minimum Gasteiger partial charge on any atom is -0.484 e. The van der Waals surface area contributed by atoms with Crippen LogP contribution in [-0.2, 0) is 52.3 Å². The molecule has 1 saturated heterocycles. The third-order valence-electron chi connectivity index (χ3n) is 13.4. The summed E-state index contributed by atoms with van der Waals surface area (Å²) in [7, 11) is -2.12. The smallest absolute Gasteiger partial charge is 0.410 e. The maximum atomic E-state index is 14.8. The van der Waals surface area contributed by atoms with Crippen LogP contribution in [0.25, 0.3) is 33.3 Å². The van der Waals surface area contributed by atoms with Crippen molar-refractivity contribution in [1.82, 2.24) is 45.0 Å². The molecule has 28 heteroatoms. The number of pyridine rings is 1. The van der Waals surface area contributed by atoms with Crippen LogP contribution in [0.5, 0.6) is 5.75 Å². The Hall–Kier alpha value is -8.40. The number of sulfonamides is 1. The summed E-state index contributed by atoms with van der Waals surface area (Å²) in [5, 5.41) is 17.2. The van der Waals surface area contributed by atoms with E-state index in [4.69, 9.17) is 25.0 Å². The Morgan fingerprint density at radius 3 is 2.24 bits per heavy atom. The number of benzene rings is 3. The molecule has 1 unspecified atom stereocenters. The highest BCUT2D eigenvalue weighted by atomic mass is 32.2. The average Bonchev–Trinajstić information content (AvgIpc) is 4.38. The zero-order valence-corrected chi connectivity index (χ0v) is 47.9. The number of aromatic nitrogens is 5. The van der Waals surface area contributed by atoms with E-state index in [9.17, 15) is 54.3 Å². The van der Waals surface area contributed by atoms with E-state index < -0.39 is 117 Å². The van der Waals surface area contributed by atoms with Gasteiger partial charge in [-0.25, -0.2) is 31.4 Å². The lowest BCUT2D eigenvalue weighted by Gasteiger charge is -2.36. The Morgan fingerprint density at radius 2 is 1.60 bits per heavy atom. The van der Waals surface area contributed by atoms with Crippen molar-refractivity contribution < 1.29 is 68.6 Å². The number of halogens is 5. The average molecular weight is 1180 g/mol. The Balaban J connectivity index is 1.03. The van der Waals surface area contributed by atoms with Gasteiger partial charge in [-0.1, -0.05) is 45.0 Å². The standard InChI is InChI=1S/C55H65F5N12O10S/c1-29(69(9)53(77)82-55(6,7)8)49(74)66-47(54(3,4)5)51(76)72-27-35(23-40(72)50(75)65-45-37(57)12-11-13-38(45)58)64-42(73)28-80-21-20-71-26-33(24-63-71)36-25-62-48(61)43-44(67-70(10)46(36)43)32-16-19-39(68-83(78,79)52(59)60)41(22-32)81-30(2)31-14-17-34(56)18-15-31/h11-19,22,24-26,29-30,35,40,47,52,68H,20-21,23,27-28H2,1-10H3,(H2,61,62)(H,64,73)(H,65,75)(H,66,74)/t29-,30-,35?,40-,47+/m0/s1. The van der Waals surface area contributed by atoms with Gasteiger partial charge < -0.3 is 40.8 Å². The SMILES string of the molecule is C[C@H](Oc1cc(-c2nn(C)c3c(-c4cnn(CCOCC(=O)NC5C[C@@H](C(=O)Nc6c(F)cccc6F)N(C(=O)[C@@H](NC(=O)[C@H](C)N(C)C(=O)OC(C)(C)C)C(C)(C)C)C5)c4)cnc(N)c23)ccc1NS(=O)(=O)C(F)F)c1ccc(F)cc1. The zero-order valence-electron chi connectivity index (χ0n) is 47.1. The molecule has 0 spiro atoms. The van der Waals surface area contributed by atoms with Gasteiger partial charge in [0, 0.05) is 55.8 Å². The molecule has 22 nitrogen and oxygen atoms in total. The lowest BCUT2D eigenvalue weighted by atomic mass is 9.85. The van der Waals surface area contributed by atoms with Crippen LogP contribution < -0.4 is 31.1 Å². The third-order valence-corrected chi connectivity index (χ3v) is 14.4. The molecule has 0 saturated carbocycles. The van der Waals surface area contributed by atoms with Crippen LogP contribution in [0, 0.1) is 22.9 Å². The van der Waals surface area contributed by atoms with Crippen LogP contribution in [-0.4, -0.2) is 135 Å². The normalized spacial score (nSPS) is 15.8. The van der Waals surface area contributed by atoms with Gasteiger partial charge in [-0.15, -0.1) is 0 Å². The number of para-hydroxylation sites is 1. The molecule has 0 bridgehead atoms. The van der Waals surface area contributed by atoms with Gasteiger partial charge in [0.05, 0.1) is 35.9 Å². The molecule has 83 heavy (non-hydrogen) atoms. The number of ether oxygens (including phenoxy) is 3. The molecule has 1 aliphatic heterocycles. The first-order valence-corrected chi connectivity index (χ1v) is 27.6. The number of nitrogens with two attached hydrogens (primary N) is 1. The van der Waals surface area contributed by atoms with E-state index in [0.29, 0.717) is 33.2 Å². The highest BCUT2D eigenvalue weighted by Crippen LogP contribution is 2.41. The van der Waals surface area contributed by atoms with Gasteiger partial charge in [0.25, 0.3) is 10.0 Å². The molecular weight excluding hydrogens is 1120 g/mol. The minimum atomic E-state index is -5.13. The maximum absolute atomic E-state index is 14.8. The van der Waals surface area contributed by atoms with Crippen molar-refractivity contribution in [2.24, 2.45) is 12.5 Å². The Bertz CT molecular complexity index is 3500. The van der Waals surface area contributed by atoms with Crippen molar-refractivity contribution in [2.75, 3.05) is 42.6 Å². The number of nitrogens with zero attached hydrogens (tertiary/aromatic N) is 7. The van der Waals surface area contributed by atoms with Gasteiger partial charge in [0.1, 0.15) is 76.8 Å². The van der Waals surface area contributed by atoms with E-state index in [1.54, 1.807) is 77.3 Å². The highest BCUT2D eigenvalue weighted by Gasteiger charge is 2.46. The van der Waals surface area contributed by atoms with Gasteiger partial charge >= 0.3 is 11.9 Å². The van der Waals surface area contributed by atoms with Crippen molar-refractivity contribution in [1.29, 1.82) is 0 Å². The summed E-state index contributed by atoms with van der Waals surface area (Å²) < 4.78 is 117. The molecule has 1 aliphatic rings. The quantitative estimate of drug-likeness (QED) is 0.0376. The van der Waals surface area contributed by atoms with Gasteiger partial charge in [0.2, 0.25) is 23.6 Å². The van der Waals surface area contributed by atoms with Crippen molar-refractivity contribution in [3.8, 4) is 28.1 Å². The minimum absolute atomic E-state index is 0.0313. The molecule has 7 rings (SSSR count). The van der Waals surface area contributed by atoms with Gasteiger partial charge in [-0.3, -0.25) is 38.2 Å². The summed E-state index contributed by atoms with van der Waals surface area (Å²) in [6.07, 6.45) is 2.96. The topological polar surface area (TPSA) is 276 Å². The molecular formula is C55H65F5N12O10S. The number of carbonyl (C=O) groups excluding carboxylic acids is 5. The van der Waals surface area contributed by atoms with Crippen molar-refractivity contribution in [3.63, 3.8) is 0 Å². The molecule has 1 fully saturated rings. The number of rotatable bonds is 20. The summed E-state index contributed by atoms with van der Waals surface area (Å²) in [5.41, 5.74) is 6.29. The molecule has 4 heterocycles. The number of carbonyl (C=O) groups is 5. The monoisotopic (exact) mass is 1180 g/mol. The number of nitrogens with one attached hydrogen (secondary N) is 4. The predicted molar refractivity (Wildman–Crippen MR) is 296 cm³/mol. The van der Waals surface area contributed by atoms with E-state index in [1.807, 2.05) is 4.72 Å². The molecule has 3 aromatic carbocycles. The summed E-state index contributed by atoms with van der Waals surface area (Å²) in [6.45, 7) is 12.4. The van der Waals surface area contributed by atoms with Crippen LogP contribution >= 0.6 is 0 Å². The second kappa shape index (κ2) is 25.0. The lowest BCUT2D eigenvalue weighted by molar-refractivity contribution is -0.143. The van der Waals surface area contributed by atoms with E-state index >= 15 is 0 Å². The molecule has 6 aromatic rings. The van der Waals surface area contributed by atoms with Gasteiger partial charge in [-0.2, -0.15) is 19.0 Å². The van der Waals surface area contributed by atoms with Crippen LogP contribution in [0.15, 0.2) is 79.3 Å². The second-order valence-corrected chi connectivity index (χ2v) is 23.5. The largest absolute Gasteiger partial charge is 0.484 e. The fraction of sp³-hybridized carbons (Fsp3) is 0.418. The summed E-state index contributed by atoms with van der Waals surface area (Å²) in [6, 6.07) is 7.72. The summed E-state index contributed by atoms with van der Waals surface area (Å²) in [5.74, 6) is -9.53. The maximum Gasteiger partial charge on any atom is 0.410 e. The second-order valence-electron chi connectivity index (χ2n) is 21.9. The predicted octanol–water partition coefficient (Wildman–Crippen LogP) is 7.13. The number of anilines is 3. The number of likely N-dealkylation sites (N-methyl/N-ethyl adjacent to an activating group) is 1. The fourth-order valence-corrected chi connectivity index (χ4v) is 9.57. The van der Waals surface area contributed by atoms with E-state index in [-0.39, 0.29) is 49.1 Å². The van der Waals surface area contributed by atoms with Crippen LogP contribution in [0.2, 0.25) is 0 Å². The number of likely N-dealkylation sites (tertiary alicyclic amines) is 1. The number of fused-ring (bicyclic) bond motifs is 1. The zero-order chi connectivity index (χ0) is 61.0. The van der Waals surface area contributed by atoms with Crippen LogP contribution in [0.3, 0.4) is 0 Å². The molecule has 3 aromatic heterocycles. The van der Waals surface area contributed by atoms with E-state index in [1.165, 1.54) is 62.6 Å². The Morgan fingerprint density at radius 1 is 0.928 bits per heavy atom. The van der Waals surface area contributed by atoms with E-state index in [2.05, 4.69) is 26.0 Å². The number of amides is 5. The highest BCUT2D eigenvalue weighted by molar-refractivity contribution is 7.93. The number of aryl methyl sites for hydroxylation is 1. The van der Waals surface area contributed by atoms with Crippen LogP contribution in [0.4, 0.5) is 43.9 Å². The number of hydrogen-bond donors (Lipinski definition) is 5. The van der Waals surface area contributed by atoms with Crippen molar-refractivity contribution in [3.05, 3.63) is 102 Å². The lowest BCUT2D eigenvalue weighted by Crippen LogP contribution is -2.60. The first kappa shape index (κ1) is 62.2. The summed E-state index contributed by atoms with van der Waals surface area (Å²) >= 11 is 0. The molecule has 5 amide bonds. The number of nitrogen functional groups attached to an aromatic ring is 1. The first-order chi connectivity index (χ1) is 38.8. The molecule has 0 radical (unpaired) electrons. The molecule has 6 N–H and O–H groups in total. The molecule has 0 aliphatic carbocycles. The Kier molecular flexibility index (Phi) is 18.7. The number of alkyl halides is 2. The van der Waals surface area contributed by atoms with Gasteiger partial charge in [-0.05, 0) is 88.4 Å². The molecule has 5 atom stereocenters.